The minimum atomic E-state index is 0.110. The van der Waals surface area contributed by atoms with Crippen LogP contribution in [0.2, 0.25) is 0 Å². The van der Waals surface area contributed by atoms with Crippen LogP contribution in [0.15, 0.2) is 78.2 Å². The molecule has 0 amide bonds. The minimum Gasteiger partial charge on any atom is -0.490 e. The Bertz CT molecular complexity index is 1150. The van der Waals surface area contributed by atoms with Crippen LogP contribution in [0.25, 0.3) is 27.8 Å². The monoisotopic (exact) mass is 371 g/mol. The van der Waals surface area contributed by atoms with E-state index in [1.165, 1.54) is 6.21 Å². The predicted molar refractivity (Wildman–Crippen MR) is 112 cm³/mol. The summed E-state index contributed by atoms with van der Waals surface area (Å²) in [5, 5.41) is 11.8. The number of ether oxygens (including phenoxy) is 1. The number of benzene rings is 3. The van der Waals surface area contributed by atoms with Gasteiger partial charge < -0.3 is 9.94 Å². The molecule has 0 atom stereocenters. The van der Waals surface area contributed by atoms with Gasteiger partial charge in [-0.15, -0.1) is 0 Å². The Kier molecular flexibility index (Phi) is 4.81. The molecule has 1 aromatic heterocycles. The average molecular weight is 371 g/mol. The Morgan fingerprint density at radius 3 is 2.71 bits per heavy atom. The Labute approximate surface area is 163 Å². The third-order valence-corrected chi connectivity index (χ3v) is 4.46. The first kappa shape index (κ1) is 17.8. The molecule has 0 bridgehead atoms. The molecule has 4 rings (SSSR count). The summed E-state index contributed by atoms with van der Waals surface area (Å²) < 4.78 is 8.03. The normalized spacial score (nSPS) is 11.5. The van der Waals surface area contributed by atoms with Gasteiger partial charge >= 0.3 is 0 Å². The number of para-hydroxylation sites is 1. The van der Waals surface area contributed by atoms with Crippen molar-refractivity contribution < 1.29 is 9.94 Å². The zero-order valence-corrected chi connectivity index (χ0v) is 15.8. The first-order valence-electron chi connectivity index (χ1n) is 9.17. The molecule has 0 saturated heterocycles. The van der Waals surface area contributed by atoms with Crippen LogP contribution >= 0.6 is 0 Å². The first-order chi connectivity index (χ1) is 13.7. The van der Waals surface area contributed by atoms with E-state index in [0.29, 0.717) is 0 Å². The number of aromatic nitrogens is 2. The maximum absolute atomic E-state index is 8.72. The number of nitrogens with zero attached hydrogens (tertiary/aromatic N) is 3. The van der Waals surface area contributed by atoms with Gasteiger partial charge in [0.15, 0.2) is 0 Å². The van der Waals surface area contributed by atoms with Crippen LogP contribution in [0.4, 0.5) is 0 Å². The summed E-state index contributed by atoms with van der Waals surface area (Å²) in [6, 6.07) is 22.2. The molecule has 140 valence electrons. The van der Waals surface area contributed by atoms with Crippen molar-refractivity contribution in [1.82, 2.24) is 9.55 Å². The highest BCUT2D eigenvalue weighted by atomic mass is 16.5. The predicted octanol–water partition coefficient (Wildman–Crippen LogP) is 5.29. The van der Waals surface area contributed by atoms with Gasteiger partial charge in [0.25, 0.3) is 0 Å². The van der Waals surface area contributed by atoms with Crippen LogP contribution in [0.3, 0.4) is 0 Å². The zero-order valence-electron chi connectivity index (χ0n) is 15.8. The molecule has 0 aliphatic carbocycles. The molecule has 0 saturated carbocycles. The summed E-state index contributed by atoms with van der Waals surface area (Å²) in [7, 11) is 0. The van der Waals surface area contributed by atoms with Crippen molar-refractivity contribution in [1.29, 1.82) is 0 Å². The van der Waals surface area contributed by atoms with Crippen LogP contribution < -0.4 is 4.74 Å². The number of rotatable bonds is 5. The fourth-order valence-electron chi connectivity index (χ4n) is 3.27. The highest BCUT2D eigenvalue weighted by molar-refractivity contribution is 5.87. The Balaban J connectivity index is 1.77. The summed E-state index contributed by atoms with van der Waals surface area (Å²) in [6.45, 7) is 4.06. The molecular formula is C23H21N3O2. The van der Waals surface area contributed by atoms with Gasteiger partial charge in [0.2, 0.25) is 0 Å². The highest BCUT2D eigenvalue weighted by Crippen LogP contribution is 2.32. The molecule has 0 unspecified atom stereocenters. The smallest absolute Gasteiger partial charge is 0.127 e. The lowest BCUT2D eigenvalue weighted by molar-refractivity contribution is 0.243. The van der Waals surface area contributed by atoms with Crippen LogP contribution in [-0.2, 0) is 0 Å². The summed E-state index contributed by atoms with van der Waals surface area (Å²) >= 11 is 0. The number of fused-ring (bicyclic) bond motifs is 1. The largest absolute Gasteiger partial charge is 0.490 e. The molecule has 28 heavy (non-hydrogen) atoms. The fourth-order valence-corrected chi connectivity index (χ4v) is 3.27. The van der Waals surface area contributed by atoms with Crippen molar-refractivity contribution in [2.45, 2.75) is 20.0 Å². The van der Waals surface area contributed by atoms with Gasteiger partial charge in [0.05, 0.1) is 23.4 Å². The van der Waals surface area contributed by atoms with Gasteiger partial charge in [-0.3, -0.25) is 4.57 Å². The van der Waals surface area contributed by atoms with Crippen LogP contribution in [0.5, 0.6) is 5.75 Å². The molecule has 5 heteroatoms. The van der Waals surface area contributed by atoms with E-state index in [4.69, 9.17) is 9.94 Å². The molecule has 0 aliphatic rings. The van der Waals surface area contributed by atoms with E-state index in [1.807, 2.05) is 60.9 Å². The molecule has 0 aliphatic heterocycles. The van der Waals surface area contributed by atoms with Crippen molar-refractivity contribution >= 4 is 17.2 Å². The summed E-state index contributed by atoms with van der Waals surface area (Å²) in [5.41, 5.74) is 5.78. The van der Waals surface area contributed by atoms with E-state index < -0.39 is 0 Å². The van der Waals surface area contributed by atoms with Gasteiger partial charge in [0, 0.05) is 11.3 Å². The van der Waals surface area contributed by atoms with E-state index in [0.717, 1.165) is 39.2 Å². The van der Waals surface area contributed by atoms with Crippen LogP contribution in [0, 0.1) is 0 Å². The molecule has 0 spiro atoms. The SMILES string of the molecule is CC(C)Oc1ccccc1-c1cccc(-n2cnc3cc(C=NO)ccc32)c1. The number of hydrogen-bond donors (Lipinski definition) is 1. The number of imidazole rings is 1. The maximum atomic E-state index is 8.72. The quantitative estimate of drug-likeness (QED) is 0.295. The van der Waals surface area contributed by atoms with Gasteiger partial charge in [0.1, 0.15) is 12.1 Å². The van der Waals surface area contributed by atoms with Gasteiger partial charge in [-0.1, -0.05) is 41.6 Å². The van der Waals surface area contributed by atoms with Crippen molar-refractivity contribution in [2.24, 2.45) is 5.16 Å². The molecule has 4 aromatic rings. The highest BCUT2D eigenvalue weighted by Gasteiger charge is 2.10. The van der Waals surface area contributed by atoms with E-state index in [1.54, 1.807) is 6.33 Å². The topological polar surface area (TPSA) is 59.6 Å². The second-order valence-electron chi connectivity index (χ2n) is 6.82. The molecular weight excluding hydrogens is 350 g/mol. The zero-order chi connectivity index (χ0) is 19.5. The fraction of sp³-hybridized carbons (Fsp3) is 0.130. The first-order valence-corrected chi connectivity index (χ1v) is 9.17. The Morgan fingerprint density at radius 2 is 1.89 bits per heavy atom. The molecule has 3 aromatic carbocycles. The molecule has 1 N–H and O–H groups in total. The van der Waals surface area contributed by atoms with Gasteiger partial charge in [-0.25, -0.2) is 4.98 Å². The Morgan fingerprint density at radius 1 is 1.04 bits per heavy atom. The molecule has 0 radical (unpaired) electrons. The van der Waals surface area contributed by atoms with Crippen LogP contribution in [0.1, 0.15) is 19.4 Å². The summed E-state index contributed by atoms with van der Waals surface area (Å²) in [5.74, 6) is 0.873. The van der Waals surface area contributed by atoms with Crippen molar-refractivity contribution in [3.05, 3.63) is 78.6 Å². The standard InChI is InChI=1S/C23H21N3O2/c1-16(2)28-23-9-4-3-8-20(23)18-6-5-7-19(13-18)26-15-24-21-12-17(14-25-27)10-11-22(21)26/h3-16,27H,1-2H3. The summed E-state index contributed by atoms with van der Waals surface area (Å²) in [4.78, 5) is 4.49. The third-order valence-electron chi connectivity index (χ3n) is 4.46. The molecule has 5 nitrogen and oxygen atoms in total. The average Bonchev–Trinajstić information content (AvgIpc) is 3.12. The van der Waals surface area contributed by atoms with E-state index in [9.17, 15) is 0 Å². The second kappa shape index (κ2) is 7.56. The van der Waals surface area contributed by atoms with Gasteiger partial charge in [-0.05, 0) is 55.3 Å². The lowest BCUT2D eigenvalue weighted by atomic mass is 10.0. The van der Waals surface area contributed by atoms with E-state index in [2.05, 4.69) is 34.4 Å². The maximum Gasteiger partial charge on any atom is 0.127 e. The number of hydrogen-bond acceptors (Lipinski definition) is 4. The van der Waals surface area contributed by atoms with Crippen molar-refractivity contribution in [3.8, 4) is 22.6 Å². The van der Waals surface area contributed by atoms with E-state index >= 15 is 0 Å². The Hall–Kier alpha value is -3.60. The van der Waals surface area contributed by atoms with E-state index in [-0.39, 0.29) is 6.10 Å². The van der Waals surface area contributed by atoms with Crippen molar-refractivity contribution in [2.75, 3.05) is 0 Å². The molecule has 1 heterocycles. The van der Waals surface area contributed by atoms with Gasteiger partial charge in [-0.2, -0.15) is 0 Å². The number of oxime groups is 1. The third kappa shape index (κ3) is 3.47. The lowest BCUT2D eigenvalue weighted by Crippen LogP contribution is -2.06. The van der Waals surface area contributed by atoms with Crippen molar-refractivity contribution in [3.63, 3.8) is 0 Å². The summed E-state index contributed by atoms with van der Waals surface area (Å²) in [6.07, 6.45) is 3.31. The minimum absolute atomic E-state index is 0.110. The lowest BCUT2D eigenvalue weighted by Gasteiger charge is -2.15. The van der Waals surface area contributed by atoms with Crippen LogP contribution in [-0.4, -0.2) is 27.1 Å². The second-order valence-corrected chi connectivity index (χ2v) is 6.82. The molecule has 0 fully saturated rings.